The van der Waals surface area contributed by atoms with E-state index in [-0.39, 0.29) is 6.01 Å². The maximum Gasteiger partial charge on any atom is 0.316 e. The number of aryl methyl sites for hydroxylation is 1. The molecule has 0 saturated carbocycles. The Morgan fingerprint density at radius 1 is 1.21 bits per heavy atom. The number of hydrogen-bond donors (Lipinski definition) is 0. The van der Waals surface area contributed by atoms with Crippen LogP contribution in [-0.2, 0) is 0 Å². The Morgan fingerprint density at radius 3 is 2.47 bits per heavy atom. The average molecular weight is 265 g/mol. The fraction of sp³-hybridized carbons (Fsp3) is 0.308. The molecule has 2 rings (SSSR count). The van der Waals surface area contributed by atoms with Crippen molar-refractivity contribution < 1.29 is 13.5 Å². The Labute approximate surface area is 109 Å². The van der Waals surface area contributed by atoms with Gasteiger partial charge in [0, 0.05) is 30.6 Å². The van der Waals surface area contributed by atoms with Gasteiger partial charge in [0.2, 0.25) is 0 Å². The second-order valence-corrected chi connectivity index (χ2v) is 4.28. The molecule has 0 aliphatic carbocycles. The number of halogens is 2. The predicted octanol–water partition coefficient (Wildman–Crippen LogP) is 2.88. The van der Waals surface area contributed by atoms with Gasteiger partial charge in [-0.2, -0.15) is 0 Å². The van der Waals surface area contributed by atoms with E-state index in [2.05, 4.69) is 15.0 Å². The van der Waals surface area contributed by atoms with Crippen LogP contribution in [0.2, 0.25) is 0 Å². The molecule has 0 aliphatic heterocycles. The van der Waals surface area contributed by atoms with Gasteiger partial charge < -0.3 is 4.74 Å². The number of aromatic nitrogens is 3. The van der Waals surface area contributed by atoms with Gasteiger partial charge in [-0.05, 0) is 19.1 Å². The molecule has 19 heavy (non-hydrogen) atoms. The zero-order chi connectivity index (χ0) is 13.9. The summed E-state index contributed by atoms with van der Waals surface area (Å²) in [6, 6.07) is 5.51. The fourth-order valence-corrected chi connectivity index (χ4v) is 1.42. The zero-order valence-corrected chi connectivity index (χ0v) is 10.6. The van der Waals surface area contributed by atoms with Gasteiger partial charge >= 0.3 is 6.01 Å². The average Bonchev–Trinajstić information content (AvgIpc) is 2.36. The third-order valence-corrected chi connectivity index (χ3v) is 2.27. The maximum absolute atomic E-state index is 12.6. The Morgan fingerprint density at radius 2 is 1.89 bits per heavy atom. The Bertz CT molecular complexity index is 553. The van der Waals surface area contributed by atoms with Crippen LogP contribution in [0.5, 0.6) is 6.01 Å². The van der Waals surface area contributed by atoms with Crippen molar-refractivity contribution in [3.05, 3.63) is 36.3 Å². The SMILES string of the molecule is Cc1cccc(-c2cnc(OCC(C)(F)F)nc2)n1. The predicted molar refractivity (Wildman–Crippen MR) is 66.1 cm³/mol. The summed E-state index contributed by atoms with van der Waals surface area (Å²) in [4.78, 5) is 12.1. The van der Waals surface area contributed by atoms with E-state index < -0.39 is 12.5 Å². The maximum atomic E-state index is 12.6. The Balaban J connectivity index is 2.10. The lowest BCUT2D eigenvalue weighted by molar-refractivity contribution is -0.0256. The quantitative estimate of drug-likeness (QED) is 0.852. The molecule has 0 aliphatic rings. The second-order valence-electron chi connectivity index (χ2n) is 4.28. The fourth-order valence-electron chi connectivity index (χ4n) is 1.42. The number of pyridine rings is 1. The highest BCUT2D eigenvalue weighted by Crippen LogP contribution is 2.17. The normalized spacial score (nSPS) is 11.4. The van der Waals surface area contributed by atoms with Gasteiger partial charge in [0.05, 0.1) is 5.69 Å². The molecule has 0 bridgehead atoms. The molecule has 0 unspecified atom stereocenters. The van der Waals surface area contributed by atoms with Crippen molar-refractivity contribution in [1.29, 1.82) is 0 Å². The lowest BCUT2D eigenvalue weighted by atomic mass is 10.2. The lowest BCUT2D eigenvalue weighted by Crippen LogP contribution is -2.21. The van der Waals surface area contributed by atoms with E-state index in [1.807, 2.05) is 25.1 Å². The van der Waals surface area contributed by atoms with Crippen molar-refractivity contribution in [3.63, 3.8) is 0 Å². The van der Waals surface area contributed by atoms with E-state index >= 15 is 0 Å². The standard InChI is InChI=1S/C13H13F2N3O/c1-9-4-3-5-11(18-9)10-6-16-12(17-7-10)19-8-13(2,14)15/h3-7H,8H2,1-2H3. The van der Waals surface area contributed by atoms with Crippen LogP contribution in [0, 0.1) is 6.92 Å². The highest BCUT2D eigenvalue weighted by Gasteiger charge is 2.22. The van der Waals surface area contributed by atoms with Crippen LogP contribution in [0.4, 0.5) is 8.78 Å². The first-order chi connectivity index (χ1) is 8.94. The highest BCUT2D eigenvalue weighted by atomic mass is 19.3. The van der Waals surface area contributed by atoms with Crippen LogP contribution in [0.3, 0.4) is 0 Å². The molecule has 0 fully saturated rings. The first-order valence-corrected chi connectivity index (χ1v) is 5.71. The van der Waals surface area contributed by atoms with Gasteiger partial charge in [0.15, 0.2) is 6.61 Å². The Kier molecular flexibility index (Phi) is 3.69. The molecular weight excluding hydrogens is 252 g/mol. The smallest absolute Gasteiger partial charge is 0.316 e. The third kappa shape index (κ3) is 3.94. The molecule has 4 nitrogen and oxygen atoms in total. The molecule has 2 heterocycles. The molecule has 6 heteroatoms. The van der Waals surface area contributed by atoms with E-state index in [9.17, 15) is 8.78 Å². The van der Waals surface area contributed by atoms with Gasteiger partial charge in [-0.15, -0.1) is 0 Å². The lowest BCUT2D eigenvalue weighted by Gasteiger charge is -2.10. The molecular formula is C13H13F2N3O. The van der Waals surface area contributed by atoms with Gasteiger partial charge in [-0.1, -0.05) is 6.07 Å². The van der Waals surface area contributed by atoms with E-state index in [0.29, 0.717) is 5.56 Å². The first kappa shape index (κ1) is 13.3. The highest BCUT2D eigenvalue weighted by molar-refractivity contribution is 5.56. The zero-order valence-electron chi connectivity index (χ0n) is 10.6. The Hall–Kier alpha value is -2.11. The van der Waals surface area contributed by atoms with Crippen LogP contribution in [0.15, 0.2) is 30.6 Å². The van der Waals surface area contributed by atoms with Crippen molar-refractivity contribution in [2.45, 2.75) is 19.8 Å². The second kappa shape index (κ2) is 5.26. The van der Waals surface area contributed by atoms with Crippen LogP contribution in [0.1, 0.15) is 12.6 Å². The summed E-state index contributed by atoms with van der Waals surface area (Å²) < 4.78 is 30.0. The van der Waals surface area contributed by atoms with Crippen molar-refractivity contribution in [2.24, 2.45) is 0 Å². The minimum atomic E-state index is -2.90. The summed E-state index contributed by atoms with van der Waals surface area (Å²) in [5, 5.41) is 0. The molecule has 0 radical (unpaired) electrons. The van der Waals surface area contributed by atoms with Gasteiger partial charge in [0.1, 0.15) is 0 Å². The van der Waals surface area contributed by atoms with E-state index in [4.69, 9.17) is 4.74 Å². The number of rotatable bonds is 4. The summed E-state index contributed by atoms with van der Waals surface area (Å²) in [5.74, 6) is -2.90. The largest absolute Gasteiger partial charge is 0.457 e. The van der Waals surface area contributed by atoms with Crippen LogP contribution in [0.25, 0.3) is 11.3 Å². The number of nitrogens with zero attached hydrogens (tertiary/aromatic N) is 3. The van der Waals surface area contributed by atoms with E-state index in [1.165, 1.54) is 12.4 Å². The summed E-state index contributed by atoms with van der Waals surface area (Å²) in [6.45, 7) is 1.91. The monoisotopic (exact) mass is 265 g/mol. The molecule has 0 N–H and O–H groups in total. The van der Waals surface area contributed by atoms with Gasteiger partial charge in [0.25, 0.3) is 5.92 Å². The van der Waals surface area contributed by atoms with Gasteiger partial charge in [-0.25, -0.2) is 18.7 Å². The van der Waals surface area contributed by atoms with Crippen molar-refractivity contribution in [3.8, 4) is 17.3 Å². The van der Waals surface area contributed by atoms with Crippen molar-refractivity contribution >= 4 is 0 Å². The summed E-state index contributed by atoms with van der Waals surface area (Å²) in [6.07, 6.45) is 3.00. The van der Waals surface area contributed by atoms with Crippen LogP contribution < -0.4 is 4.74 Å². The van der Waals surface area contributed by atoms with Crippen molar-refractivity contribution in [1.82, 2.24) is 15.0 Å². The third-order valence-electron chi connectivity index (χ3n) is 2.27. The summed E-state index contributed by atoms with van der Waals surface area (Å²) in [7, 11) is 0. The number of hydrogen-bond acceptors (Lipinski definition) is 4. The van der Waals surface area contributed by atoms with Crippen LogP contribution >= 0.6 is 0 Å². The molecule has 0 spiro atoms. The molecule has 100 valence electrons. The van der Waals surface area contributed by atoms with E-state index in [0.717, 1.165) is 18.3 Å². The molecule has 0 saturated heterocycles. The molecule has 0 aromatic carbocycles. The minimum absolute atomic E-state index is 0.0714. The van der Waals surface area contributed by atoms with Crippen LogP contribution in [-0.4, -0.2) is 27.5 Å². The molecule has 2 aromatic rings. The number of ether oxygens (including phenoxy) is 1. The minimum Gasteiger partial charge on any atom is -0.457 e. The van der Waals surface area contributed by atoms with Crippen molar-refractivity contribution in [2.75, 3.05) is 6.61 Å². The van der Waals surface area contributed by atoms with Gasteiger partial charge in [-0.3, -0.25) is 4.98 Å². The van der Waals surface area contributed by atoms with E-state index in [1.54, 1.807) is 0 Å². The first-order valence-electron chi connectivity index (χ1n) is 5.71. The summed E-state index contributed by atoms with van der Waals surface area (Å²) in [5.41, 5.74) is 2.31. The molecule has 2 aromatic heterocycles. The topological polar surface area (TPSA) is 47.9 Å². The summed E-state index contributed by atoms with van der Waals surface area (Å²) >= 11 is 0. The molecule has 0 amide bonds. The number of alkyl halides is 2. The molecule has 0 atom stereocenters.